The predicted molar refractivity (Wildman–Crippen MR) is 91.6 cm³/mol. The molecule has 0 radical (unpaired) electrons. The minimum absolute atomic E-state index is 0.0588. The fourth-order valence-electron chi connectivity index (χ4n) is 2.22. The number of hydrogen-bond acceptors (Lipinski definition) is 5. The van der Waals surface area contributed by atoms with Crippen molar-refractivity contribution >= 4 is 44.1 Å². The first kappa shape index (κ1) is 17.1. The molecule has 25 heavy (non-hydrogen) atoms. The Labute approximate surface area is 147 Å². The van der Waals surface area contributed by atoms with Gasteiger partial charge in [0, 0.05) is 10.9 Å². The average molecular weight is 379 g/mol. The van der Waals surface area contributed by atoms with E-state index in [9.17, 15) is 18.3 Å². The maximum Gasteiger partial charge on any atom is 0.295 e. The van der Waals surface area contributed by atoms with E-state index in [2.05, 4.69) is 15.2 Å². The zero-order valence-corrected chi connectivity index (χ0v) is 14.0. The van der Waals surface area contributed by atoms with E-state index in [1.807, 2.05) is 0 Å². The van der Waals surface area contributed by atoms with E-state index in [1.54, 1.807) is 24.3 Å². The number of amides is 1. The number of azo groups is 1. The zero-order valence-electron chi connectivity index (χ0n) is 12.5. The lowest BCUT2D eigenvalue weighted by Crippen LogP contribution is -2.13. The molecule has 0 spiro atoms. The van der Waals surface area contributed by atoms with Gasteiger partial charge in [-0.05, 0) is 24.3 Å². The first-order chi connectivity index (χ1) is 11.8. The third-order valence-corrected chi connectivity index (χ3v) is 4.78. The number of rotatable bonds is 3. The van der Waals surface area contributed by atoms with E-state index in [1.165, 1.54) is 12.1 Å². The molecule has 2 aromatic carbocycles. The van der Waals surface area contributed by atoms with Crippen LogP contribution in [0.25, 0.3) is 10.9 Å². The molecule has 4 N–H and O–H groups in total. The van der Waals surface area contributed by atoms with Crippen molar-refractivity contribution in [2.24, 2.45) is 15.4 Å². The van der Waals surface area contributed by atoms with E-state index < -0.39 is 15.9 Å². The number of nitrogens with one attached hydrogen (secondary N) is 1. The lowest BCUT2D eigenvalue weighted by Gasteiger charge is -2.02. The first-order valence-electron chi connectivity index (χ1n) is 6.85. The summed E-state index contributed by atoms with van der Waals surface area (Å²) in [6, 6.07) is 10.5. The summed E-state index contributed by atoms with van der Waals surface area (Å²) in [5.74, 6) is -1.05. The van der Waals surface area contributed by atoms with E-state index >= 15 is 0 Å². The Bertz CT molecular complexity index is 1120. The highest BCUT2D eigenvalue weighted by Gasteiger charge is 2.17. The van der Waals surface area contributed by atoms with Gasteiger partial charge >= 0.3 is 0 Å². The van der Waals surface area contributed by atoms with Gasteiger partial charge in [-0.15, -0.1) is 10.2 Å². The maximum absolute atomic E-state index is 12.1. The van der Waals surface area contributed by atoms with Crippen LogP contribution in [-0.2, 0) is 10.0 Å². The standard InChI is InChI=1S/C15H11ClN4O4S/c16-10-6-5-8(7-12(10)25(17,23)24)14(21)20-19-13-9-3-1-2-4-11(9)18-15(13)22/h1-7,18,22H,(H2,17,23,24). The summed E-state index contributed by atoms with van der Waals surface area (Å²) in [7, 11) is -4.08. The molecule has 0 aliphatic heterocycles. The largest absolute Gasteiger partial charge is 0.493 e. The van der Waals surface area contributed by atoms with Crippen molar-refractivity contribution in [2.45, 2.75) is 4.90 Å². The minimum atomic E-state index is -4.08. The van der Waals surface area contributed by atoms with Crippen LogP contribution in [0.5, 0.6) is 5.88 Å². The summed E-state index contributed by atoms with van der Waals surface area (Å²) in [6.45, 7) is 0. The number of aromatic nitrogens is 1. The Balaban J connectivity index is 1.97. The molecular weight excluding hydrogens is 368 g/mol. The minimum Gasteiger partial charge on any atom is -0.493 e. The monoisotopic (exact) mass is 378 g/mol. The normalized spacial score (nSPS) is 12.1. The smallest absolute Gasteiger partial charge is 0.295 e. The molecule has 0 bridgehead atoms. The van der Waals surface area contributed by atoms with Crippen LogP contribution in [-0.4, -0.2) is 24.4 Å². The van der Waals surface area contributed by atoms with Crippen molar-refractivity contribution in [3.8, 4) is 5.88 Å². The molecule has 0 atom stereocenters. The summed E-state index contributed by atoms with van der Waals surface area (Å²) in [4.78, 5) is 14.5. The van der Waals surface area contributed by atoms with E-state index in [4.69, 9.17) is 16.7 Å². The average Bonchev–Trinajstić information content (AvgIpc) is 2.87. The summed E-state index contributed by atoms with van der Waals surface area (Å²) >= 11 is 5.77. The van der Waals surface area contributed by atoms with E-state index in [-0.39, 0.29) is 27.0 Å². The van der Waals surface area contributed by atoms with E-state index in [0.29, 0.717) is 10.9 Å². The second-order valence-corrected chi connectivity index (χ2v) is 7.00. The Morgan fingerprint density at radius 3 is 2.64 bits per heavy atom. The van der Waals surface area contributed by atoms with Gasteiger partial charge in [0.15, 0.2) is 5.69 Å². The van der Waals surface area contributed by atoms with Gasteiger partial charge < -0.3 is 10.1 Å². The van der Waals surface area contributed by atoms with E-state index in [0.717, 1.165) is 6.07 Å². The number of hydrogen-bond donors (Lipinski definition) is 3. The molecule has 3 rings (SSSR count). The van der Waals surface area contributed by atoms with Crippen LogP contribution in [0.2, 0.25) is 5.02 Å². The highest BCUT2D eigenvalue weighted by molar-refractivity contribution is 7.89. The summed E-state index contributed by atoms with van der Waals surface area (Å²) < 4.78 is 22.9. The molecule has 0 aliphatic carbocycles. The number of benzene rings is 2. The molecule has 0 saturated heterocycles. The third kappa shape index (κ3) is 3.38. The molecule has 8 nitrogen and oxygen atoms in total. The Hall–Kier alpha value is -2.75. The number of fused-ring (bicyclic) bond motifs is 1. The highest BCUT2D eigenvalue weighted by Crippen LogP contribution is 2.35. The summed E-state index contributed by atoms with van der Waals surface area (Å²) in [6.07, 6.45) is 0. The van der Waals surface area contributed by atoms with Crippen LogP contribution in [0.3, 0.4) is 0 Å². The van der Waals surface area contributed by atoms with Crippen LogP contribution in [0, 0.1) is 0 Å². The molecule has 1 heterocycles. The van der Waals surface area contributed by atoms with Crippen LogP contribution in [0.1, 0.15) is 10.4 Å². The number of carbonyl (C=O) groups excluding carboxylic acids is 1. The molecular formula is C15H11ClN4O4S. The Morgan fingerprint density at radius 2 is 1.92 bits per heavy atom. The molecule has 0 unspecified atom stereocenters. The molecule has 1 amide bonds. The summed E-state index contributed by atoms with van der Waals surface area (Å²) in [5, 5.41) is 22.7. The van der Waals surface area contributed by atoms with Crippen LogP contribution in [0.4, 0.5) is 5.69 Å². The van der Waals surface area contributed by atoms with Gasteiger partial charge in [-0.3, -0.25) is 4.79 Å². The van der Waals surface area contributed by atoms with Crippen LogP contribution >= 0.6 is 11.6 Å². The van der Waals surface area contributed by atoms with Crippen molar-refractivity contribution in [3.05, 3.63) is 53.1 Å². The SMILES string of the molecule is NS(=O)(=O)c1cc(C(=O)N=Nc2c(O)[nH]c3ccccc23)ccc1Cl. The third-order valence-electron chi connectivity index (χ3n) is 3.39. The van der Waals surface area contributed by atoms with Gasteiger partial charge in [0.2, 0.25) is 15.9 Å². The number of halogens is 1. The van der Waals surface area contributed by atoms with Gasteiger partial charge in [-0.25, -0.2) is 13.6 Å². The molecule has 3 aromatic rings. The first-order valence-corrected chi connectivity index (χ1v) is 8.78. The van der Waals surface area contributed by atoms with Crippen LogP contribution in [0.15, 0.2) is 57.6 Å². The number of sulfonamides is 1. The maximum atomic E-state index is 12.1. The number of aromatic amines is 1. The van der Waals surface area contributed by atoms with Gasteiger partial charge in [0.25, 0.3) is 5.91 Å². The fourth-order valence-corrected chi connectivity index (χ4v) is 3.29. The second-order valence-electron chi connectivity index (χ2n) is 5.06. The topological polar surface area (TPSA) is 138 Å². The number of para-hydroxylation sites is 1. The van der Waals surface area contributed by atoms with Crippen molar-refractivity contribution in [1.82, 2.24) is 4.98 Å². The molecule has 0 aliphatic rings. The van der Waals surface area contributed by atoms with Crippen LogP contribution < -0.4 is 5.14 Å². The van der Waals surface area contributed by atoms with Gasteiger partial charge in [0.05, 0.1) is 10.5 Å². The number of nitrogens with two attached hydrogens (primary N) is 1. The number of primary sulfonamides is 1. The molecule has 10 heteroatoms. The van der Waals surface area contributed by atoms with Crippen molar-refractivity contribution in [3.63, 3.8) is 0 Å². The summed E-state index contributed by atoms with van der Waals surface area (Å²) in [5.41, 5.74) is 0.672. The van der Waals surface area contributed by atoms with Crippen molar-refractivity contribution in [2.75, 3.05) is 0 Å². The Morgan fingerprint density at radius 1 is 1.20 bits per heavy atom. The molecule has 0 saturated carbocycles. The quantitative estimate of drug-likeness (QED) is 0.602. The zero-order chi connectivity index (χ0) is 18.2. The Kier molecular flexibility index (Phi) is 4.29. The number of carbonyl (C=O) groups is 1. The number of H-pyrrole nitrogens is 1. The van der Waals surface area contributed by atoms with Gasteiger partial charge in [-0.2, -0.15) is 0 Å². The second kappa shape index (κ2) is 6.28. The fraction of sp³-hybridized carbons (Fsp3) is 0. The predicted octanol–water partition coefficient (Wildman–Crippen LogP) is 3.10. The number of nitrogens with zero attached hydrogens (tertiary/aromatic N) is 2. The van der Waals surface area contributed by atoms with Crippen molar-refractivity contribution < 1.29 is 18.3 Å². The van der Waals surface area contributed by atoms with Gasteiger partial charge in [-0.1, -0.05) is 29.8 Å². The number of aromatic hydroxyl groups is 1. The molecule has 1 aromatic heterocycles. The molecule has 128 valence electrons. The highest BCUT2D eigenvalue weighted by atomic mass is 35.5. The lowest BCUT2D eigenvalue weighted by molar-refractivity contribution is 0.0995. The van der Waals surface area contributed by atoms with Gasteiger partial charge in [0.1, 0.15) is 4.90 Å². The lowest BCUT2D eigenvalue weighted by atomic mass is 10.2. The molecule has 0 fully saturated rings. The van der Waals surface area contributed by atoms with Crippen molar-refractivity contribution in [1.29, 1.82) is 0 Å².